The number of aliphatic hydroxyl groups is 1. The molecule has 0 bridgehead atoms. The fourth-order valence-electron chi connectivity index (χ4n) is 1.08. The van der Waals surface area contributed by atoms with Gasteiger partial charge in [0.15, 0.2) is 0 Å². The van der Waals surface area contributed by atoms with Crippen molar-refractivity contribution in [3.63, 3.8) is 0 Å². The quantitative estimate of drug-likeness (QED) is 0.679. The monoisotopic (exact) mass is 189 g/mol. The Labute approximate surface area is 81.7 Å². The van der Waals surface area contributed by atoms with Crippen molar-refractivity contribution in [1.82, 2.24) is 4.90 Å². The number of aliphatic hydroxyl groups excluding tert-OH is 1. The summed E-state index contributed by atoms with van der Waals surface area (Å²) in [6.07, 6.45) is 0.684. The second kappa shape index (κ2) is 5.58. The number of methoxy groups -OCH3 is 1. The lowest BCUT2D eigenvalue weighted by Crippen LogP contribution is -2.45. The van der Waals surface area contributed by atoms with Crippen LogP contribution in [0.1, 0.15) is 27.2 Å². The third-order valence-corrected chi connectivity index (χ3v) is 2.74. The van der Waals surface area contributed by atoms with Gasteiger partial charge in [-0.15, -0.1) is 0 Å². The van der Waals surface area contributed by atoms with Crippen LogP contribution >= 0.6 is 0 Å². The van der Waals surface area contributed by atoms with Gasteiger partial charge in [0.1, 0.15) is 0 Å². The summed E-state index contributed by atoms with van der Waals surface area (Å²) in [7, 11) is 3.64. The standard InChI is InChI=1S/C10H23NO2/c1-6-10(2,3)11(4)7-9(12)8-13-5/h9,12H,6-8H2,1-5H3/t9-/m1/s1. The SMILES string of the molecule is CCC(C)(C)N(C)C[C@@H](O)COC. The Kier molecular flexibility index (Phi) is 5.53. The molecule has 0 aromatic carbocycles. The molecule has 0 amide bonds. The van der Waals surface area contributed by atoms with E-state index in [1.807, 2.05) is 7.05 Å². The largest absolute Gasteiger partial charge is 0.389 e. The van der Waals surface area contributed by atoms with Crippen LogP contribution in [0.4, 0.5) is 0 Å². The van der Waals surface area contributed by atoms with Crippen LogP contribution in [0.2, 0.25) is 0 Å². The summed E-state index contributed by atoms with van der Waals surface area (Å²) in [4.78, 5) is 2.16. The highest BCUT2D eigenvalue weighted by Gasteiger charge is 2.22. The number of ether oxygens (including phenoxy) is 1. The van der Waals surface area contributed by atoms with E-state index in [0.29, 0.717) is 13.2 Å². The molecule has 0 aliphatic rings. The van der Waals surface area contributed by atoms with E-state index in [1.165, 1.54) is 0 Å². The lowest BCUT2D eigenvalue weighted by atomic mass is 10.00. The summed E-state index contributed by atoms with van der Waals surface area (Å²) in [5, 5.41) is 9.51. The summed E-state index contributed by atoms with van der Waals surface area (Å²) in [5.74, 6) is 0. The van der Waals surface area contributed by atoms with E-state index >= 15 is 0 Å². The van der Waals surface area contributed by atoms with Crippen molar-refractivity contribution >= 4 is 0 Å². The van der Waals surface area contributed by atoms with E-state index in [1.54, 1.807) is 7.11 Å². The van der Waals surface area contributed by atoms with Crippen molar-refractivity contribution in [2.45, 2.75) is 38.8 Å². The van der Waals surface area contributed by atoms with Gasteiger partial charge in [-0.3, -0.25) is 4.90 Å². The number of β-amino-alcohol motifs (C(OH)–C–C–N with tert-alkyl or cyclic N) is 1. The molecule has 0 unspecified atom stereocenters. The van der Waals surface area contributed by atoms with Crippen LogP contribution in [-0.4, -0.2) is 49.0 Å². The molecule has 3 nitrogen and oxygen atoms in total. The van der Waals surface area contributed by atoms with Gasteiger partial charge in [-0.05, 0) is 27.3 Å². The van der Waals surface area contributed by atoms with Crippen molar-refractivity contribution in [2.24, 2.45) is 0 Å². The molecule has 0 spiro atoms. The molecular formula is C10H23NO2. The van der Waals surface area contributed by atoms with E-state index in [2.05, 4.69) is 25.7 Å². The molecular weight excluding hydrogens is 166 g/mol. The van der Waals surface area contributed by atoms with Crippen molar-refractivity contribution in [3.05, 3.63) is 0 Å². The summed E-state index contributed by atoms with van der Waals surface area (Å²) < 4.78 is 4.87. The Hall–Kier alpha value is -0.120. The predicted octanol–water partition coefficient (Wildman–Crippen LogP) is 1.11. The maximum atomic E-state index is 9.51. The Bertz CT molecular complexity index is 137. The summed E-state index contributed by atoms with van der Waals surface area (Å²) >= 11 is 0. The topological polar surface area (TPSA) is 32.7 Å². The number of likely N-dealkylation sites (N-methyl/N-ethyl adjacent to an activating group) is 1. The third kappa shape index (κ3) is 4.60. The van der Waals surface area contributed by atoms with Crippen LogP contribution in [0.3, 0.4) is 0 Å². The Morgan fingerprint density at radius 3 is 2.38 bits per heavy atom. The Morgan fingerprint density at radius 2 is 2.00 bits per heavy atom. The zero-order valence-corrected chi connectivity index (χ0v) is 9.50. The molecule has 0 saturated heterocycles. The molecule has 0 radical (unpaired) electrons. The molecule has 13 heavy (non-hydrogen) atoms. The first-order valence-electron chi connectivity index (χ1n) is 4.82. The van der Waals surface area contributed by atoms with Gasteiger partial charge < -0.3 is 9.84 Å². The fourth-order valence-corrected chi connectivity index (χ4v) is 1.08. The summed E-state index contributed by atoms with van der Waals surface area (Å²) in [6.45, 7) is 7.57. The van der Waals surface area contributed by atoms with Gasteiger partial charge in [0.2, 0.25) is 0 Å². The average molecular weight is 189 g/mol. The number of nitrogens with zero attached hydrogens (tertiary/aromatic N) is 1. The summed E-state index contributed by atoms with van der Waals surface area (Å²) in [5.41, 5.74) is 0.148. The van der Waals surface area contributed by atoms with Crippen molar-refractivity contribution in [2.75, 3.05) is 27.3 Å². The number of rotatable bonds is 6. The van der Waals surface area contributed by atoms with Crippen LogP contribution in [0.5, 0.6) is 0 Å². The van der Waals surface area contributed by atoms with E-state index in [-0.39, 0.29) is 11.6 Å². The number of hydrogen-bond donors (Lipinski definition) is 1. The highest BCUT2D eigenvalue weighted by Crippen LogP contribution is 2.16. The van der Waals surface area contributed by atoms with Gasteiger partial charge in [0, 0.05) is 19.2 Å². The van der Waals surface area contributed by atoms with Gasteiger partial charge in [-0.25, -0.2) is 0 Å². The maximum absolute atomic E-state index is 9.51. The van der Waals surface area contributed by atoms with Crippen LogP contribution in [0.25, 0.3) is 0 Å². The zero-order valence-electron chi connectivity index (χ0n) is 9.50. The molecule has 0 aromatic heterocycles. The molecule has 0 heterocycles. The molecule has 1 N–H and O–H groups in total. The third-order valence-electron chi connectivity index (χ3n) is 2.74. The molecule has 0 saturated carbocycles. The fraction of sp³-hybridized carbons (Fsp3) is 1.00. The first-order valence-corrected chi connectivity index (χ1v) is 4.82. The highest BCUT2D eigenvalue weighted by molar-refractivity contribution is 4.78. The summed E-state index contributed by atoms with van der Waals surface area (Å²) in [6, 6.07) is 0. The van der Waals surface area contributed by atoms with Crippen LogP contribution in [0, 0.1) is 0 Å². The molecule has 80 valence electrons. The van der Waals surface area contributed by atoms with Crippen molar-refractivity contribution in [1.29, 1.82) is 0 Å². The molecule has 3 heteroatoms. The van der Waals surface area contributed by atoms with E-state index < -0.39 is 0 Å². The molecule has 0 aliphatic carbocycles. The minimum atomic E-state index is -0.388. The lowest BCUT2D eigenvalue weighted by molar-refractivity contribution is 0.0188. The van der Waals surface area contributed by atoms with Gasteiger partial charge in [0.25, 0.3) is 0 Å². The van der Waals surface area contributed by atoms with E-state index in [0.717, 1.165) is 6.42 Å². The lowest BCUT2D eigenvalue weighted by Gasteiger charge is -2.35. The molecule has 0 rings (SSSR count). The van der Waals surface area contributed by atoms with Gasteiger partial charge in [0.05, 0.1) is 12.7 Å². The normalized spacial score (nSPS) is 15.0. The minimum absolute atomic E-state index is 0.148. The van der Waals surface area contributed by atoms with Crippen LogP contribution < -0.4 is 0 Å². The first-order chi connectivity index (χ1) is 5.94. The second-order valence-electron chi connectivity index (χ2n) is 4.16. The van der Waals surface area contributed by atoms with Gasteiger partial charge >= 0.3 is 0 Å². The van der Waals surface area contributed by atoms with Crippen LogP contribution in [0.15, 0.2) is 0 Å². The van der Waals surface area contributed by atoms with Crippen LogP contribution in [-0.2, 0) is 4.74 Å². The Balaban J connectivity index is 3.91. The molecule has 0 aromatic rings. The maximum Gasteiger partial charge on any atom is 0.0900 e. The average Bonchev–Trinajstić information content (AvgIpc) is 2.04. The van der Waals surface area contributed by atoms with E-state index in [9.17, 15) is 5.11 Å². The smallest absolute Gasteiger partial charge is 0.0900 e. The second-order valence-corrected chi connectivity index (χ2v) is 4.16. The first kappa shape index (κ1) is 12.9. The molecule has 0 fully saturated rings. The highest BCUT2D eigenvalue weighted by atomic mass is 16.5. The Morgan fingerprint density at radius 1 is 1.46 bits per heavy atom. The van der Waals surface area contributed by atoms with Crippen molar-refractivity contribution in [3.8, 4) is 0 Å². The van der Waals surface area contributed by atoms with Gasteiger partial charge in [-0.2, -0.15) is 0 Å². The van der Waals surface area contributed by atoms with Gasteiger partial charge in [-0.1, -0.05) is 6.92 Å². The number of hydrogen-bond acceptors (Lipinski definition) is 3. The minimum Gasteiger partial charge on any atom is -0.389 e. The molecule has 0 aliphatic heterocycles. The zero-order chi connectivity index (χ0) is 10.5. The van der Waals surface area contributed by atoms with E-state index in [4.69, 9.17) is 4.74 Å². The molecule has 1 atom stereocenters. The predicted molar refractivity (Wildman–Crippen MR) is 54.9 cm³/mol. The van der Waals surface area contributed by atoms with Crippen molar-refractivity contribution < 1.29 is 9.84 Å².